The van der Waals surface area contributed by atoms with Crippen molar-refractivity contribution in [1.82, 2.24) is 15.6 Å². The second-order valence-electron chi connectivity index (χ2n) is 4.02. The van der Waals surface area contributed by atoms with E-state index >= 15 is 0 Å². The molecule has 1 aromatic rings. The van der Waals surface area contributed by atoms with Crippen LogP contribution in [0.4, 0.5) is 0 Å². The van der Waals surface area contributed by atoms with Crippen LogP contribution in [0.25, 0.3) is 0 Å². The summed E-state index contributed by atoms with van der Waals surface area (Å²) in [4.78, 5) is 14.9. The van der Waals surface area contributed by atoms with Crippen molar-refractivity contribution in [1.29, 1.82) is 0 Å². The van der Waals surface area contributed by atoms with E-state index in [1.165, 1.54) is 32.1 Å². The van der Waals surface area contributed by atoms with E-state index in [1.54, 1.807) is 6.92 Å². The van der Waals surface area contributed by atoms with Gasteiger partial charge in [0, 0.05) is 14.5 Å². The lowest BCUT2D eigenvalue weighted by molar-refractivity contribution is 0.0958. The fourth-order valence-corrected chi connectivity index (χ4v) is 1.24. The fraction of sp³-hybridized carbons (Fsp3) is 0.500. The van der Waals surface area contributed by atoms with E-state index in [-0.39, 0.29) is 13.1 Å². The smallest absolute Gasteiger partial charge is 0.269 e. The minimum Gasteiger partial charge on any atom is -0.506 e. The van der Waals surface area contributed by atoms with Crippen molar-refractivity contribution in [3.8, 4) is 5.75 Å². The van der Waals surface area contributed by atoms with Crippen LogP contribution >= 0.6 is 0 Å². The highest BCUT2D eigenvalue weighted by Gasteiger charge is 2.07. The molecule has 1 aliphatic rings. The first-order valence-electron chi connectivity index (χ1n) is 5.66. The van der Waals surface area contributed by atoms with Crippen LogP contribution in [0.15, 0.2) is 12.1 Å². The second-order valence-corrected chi connectivity index (χ2v) is 4.02. The van der Waals surface area contributed by atoms with Crippen LogP contribution in [0.5, 0.6) is 5.75 Å². The summed E-state index contributed by atoms with van der Waals surface area (Å²) < 4.78 is 0. The van der Waals surface area contributed by atoms with Gasteiger partial charge in [0.05, 0.1) is 5.69 Å². The standard InChI is InChI=1S/C8H10N2O2.C4H9N.H2/c1-5-7(11)4-3-6(10-5)8(12)9-2;1-4-2-3-5-4;/h3-4,11H,1-2H3,(H,9,12);4-5H,2-3H2,1H3;1H/t;4-;/m.1./s1. The molecule has 0 saturated carbocycles. The third-order valence-corrected chi connectivity index (χ3v) is 2.59. The Hall–Kier alpha value is -1.62. The monoisotopic (exact) mass is 239 g/mol. The predicted molar refractivity (Wildman–Crippen MR) is 68.2 cm³/mol. The Bertz CT molecular complexity index is 395. The largest absolute Gasteiger partial charge is 0.506 e. The third kappa shape index (κ3) is 4.03. The number of hydrogen-bond acceptors (Lipinski definition) is 4. The summed E-state index contributed by atoms with van der Waals surface area (Å²) in [6.45, 7) is 5.08. The number of carbonyl (C=O) groups excluding carboxylic acids is 1. The highest BCUT2D eigenvalue weighted by Crippen LogP contribution is 2.12. The number of aryl methyl sites for hydroxylation is 1. The van der Waals surface area contributed by atoms with Crippen molar-refractivity contribution in [3.05, 3.63) is 23.5 Å². The number of amides is 1. The molecule has 1 fully saturated rings. The van der Waals surface area contributed by atoms with Crippen molar-refractivity contribution in [3.63, 3.8) is 0 Å². The molecule has 17 heavy (non-hydrogen) atoms. The summed E-state index contributed by atoms with van der Waals surface area (Å²) >= 11 is 0. The van der Waals surface area contributed by atoms with E-state index in [9.17, 15) is 4.79 Å². The number of carbonyl (C=O) groups is 1. The van der Waals surface area contributed by atoms with Crippen molar-refractivity contribution < 1.29 is 11.3 Å². The van der Waals surface area contributed by atoms with Crippen molar-refractivity contribution >= 4 is 5.91 Å². The van der Waals surface area contributed by atoms with Gasteiger partial charge in [0.1, 0.15) is 11.4 Å². The molecule has 1 amide bonds. The molecule has 2 rings (SSSR count). The number of hydrogen-bond donors (Lipinski definition) is 3. The van der Waals surface area contributed by atoms with E-state index < -0.39 is 0 Å². The van der Waals surface area contributed by atoms with Gasteiger partial charge in [-0.1, -0.05) is 0 Å². The molecule has 3 N–H and O–H groups in total. The summed E-state index contributed by atoms with van der Waals surface area (Å²) in [6.07, 6.45) is 1.38. The summed E-state index contributed by atoms with van der Waals surface area (Å²) in [6, 6.07) is 3.74. The molecule has 0 aromatic carbocycles. The Balaban J connectivity index is 0.000000405. The van der Waals surface area contributed by atoms with Gasteiger partial charge >= 0.3 is 0 Å². The molecule has 96 valence electrons. The van der Waals surface area contributed by atoms with Crippen LogP contribution in [0.3, 0.4) is 0 Å². The Morgan fingerprint density at radius 2 is 2.24 bits per heavy atom. The second kappa shape index (κ2) is 6.20. The van der Waals surface area contributed by atoms with Crippen LogP contribution in [0.2, 0.25) is 0 Å². The van der Waals surface area contributed by atoms with Gasteiger partial charge in [-0.3, -0.25) is 4.79 Å². The maximum Gasteiger partial charge on any atom is 0.269 e. The fourth-order valence-electron chi connectivity index (χ4n) is 1.24. The number of nitrogens with zero attached hydrogens (tertiary/aromatic N) is 1. The van der Waals surface area contributed by atoms with Gasteiger partial charge in [0.2, 0.25) is 0 Å². The first-order valence-corrected chi connectivity index (χ1v) is 5.66. The van der Waals surface area contributed by atoms with E-state index in [1.807, 2.05) is 0 Å². The van der Waals surface area contributed by atoms with Crippen LogP contribution in [0.1, 0.15) is 31.0 Å². The van der Waals surface area contributed by atoms with Gasteiger partial charge in [-0.2, -0.15) is 0 Å². The first-order chi connectivity index (χ1) is 8.04. The lowest BCUT2D eigenvalue weighted by Crippen LogP contribution is -2.39. The topological polar surface area (TPSA) is 74.2 Å². The molecule has 1 saturated heterocycles. The van der Waals surface area contributed by atoms with Crippen LogP contribution in [0, 0.1) is 6.92 Å². The SMILES string of the molecule is CNC(=O)c1ccc(O)c(C)n1.C[C@@H]1CCN1.[HH]. The van der Waals surface area contributed by atoms with Crippen molar-refractivity contribution in [2.24, 2.45) is 0 Å². The summed E-state index contributed by atoms with van der Waals surface area (Å²) in [5.41, 5.74) is 0.768. The number of aromatic hydroxyl groups is 1. The Labute approximate surface area is 103 Å². The zero-order valence-electron chi connectivity index (χ0n) is 10.4. The van der Waals surface area contributed by atoms with E-state index in [0.717, 1.165) is 6.04 Å². The molecule has 0 bridgehead atoms. The van der Waals surface area contributed by atoms with Crippen LogP contribution in [-0.4, -0.2) is 35.6 Å². The molecule has 2 heterocycles. The molecular weight excluding hydrogens is 218 g/mol. The normalized spacial score (nSPS) is 17.5. The first kappa shape index (κ1) is 13.4. The zero-order valence-corrected chi connectivity index (χ0v) is 10.4. The Morgan fingerprint density at radius 3 is 2.59 bits per heavy atom. The molecule has 5 nitrogen and oxygen atoms in total. The Morgan fingerprint density at radius 1 is 1.65 bits per heavy atom. The highest BCUT2D eigenvalue weighted by atomic mass is 16.3. The van der Waals surface area contributed by atoms with Crippen molar-refractivity contribution in [2.75, 3.05) is 13.6 Å². The Kier molecular flexibility index (Phi) is 4.90. The number of nitrogens with one attached hydrogen (secondary N) is 2. The molecule has 0 unspecified atom stereocenters. The van der Waals surface area contributed by atoms with Gasteiger partial charge in [-0.25, -0.2) is 4.98 Å². The minimum absolute atomic E-state index is 0. The van der Waals surface area contributed by atoms with E-state index in [4.69, 9.17) is 5.11 Å². The highest BCUT2D eigenvalue weighted by molar-refractivity contribution is 5.92. The molecule has 1 aromatic heterocycles. The third-order valence-electron chi connectivity index (χ3n) is 2.59. The van der Waals surface area contributed by atoms with Gasteiger partial charge in [-0.05, 0) is 38.9 Å². The number of pyridine rings is 1. The lowest BCUT2D eigenvalue weighted by Gasteiger charge is -2.22. The quantitative estimate of drug-likeness (QED) is 0.685. The molecule has 0 aliphatic carbocycles. The number of aromatic nitrogens is 1. The van der Waals surface area contributed by atoms with Crippen LogP contribution in [-0.2, 0) is 0 Å². The maximum atomic E-state index is 11.0. The van der Waals surface area contributed by atoms with Crippen molar-refractivity contribution in [2.45, 2.75) is 26.3 Å². The van der Waals surface area contributed by atoms with Crippen LogP contribution < -0.4 is 10.6 Å². The average molecular weight is 239 g/mol. The predicted octanol–water partition coefficient (Wildman–Crippen LogP) is 1.07. The van der Waals surface area contributed by atoms with Gasteiger partial charge in [-0.15, -0.1) is 0 Å². The minimum atomic E-state index is -0.252. The molecule has 5 heteroatoms. The summed E-state index contributed by atoms with van der Waals surface area (Å²) in [7, 11) is 1.53. The van der Waals surface area contributed by atoms with E-state index in [2.05, 4.69) is 22.5 Å². The van der Waals surface area contributed by atoms with E-state index in [0.29, 0.717) is 11.4 Å². The average Bonchev–Trinajstić information content (AvgIpc) is 2.30. The molecule has 0 radical (unpaired) electrons. The summed E-state index contributed by atoms with van der Waals surface area (Å²) in [5, 5.41) is 14.8. The van der Waals surface area contributed by atoms with Gasteiger partial charge in [0.25, 0.3) is 5.91 Å². The molecule has 0 spiro atoms. The number of rotatable bonds is 1. The maximum absolute atomic E-state index is 11.0. The molecule has 1 aliphatic heterocycles. The summed E-state index contributed by atoms with van der Waals surface area (Å²) in [5.74, 6) is -0.152. The van der Waals surface area contributed by atoms with Gasteiger partial charge < -0.3 is 15.7 Å². The molecule has 1 atom stereocenters. The zero-order chi connectivity index (χ0) is 12.8. The lowest BCUT2D eigenvalue weighted by atomic mass is 10.1. The molecular formula is C12H21N3O2. The van der Waals surface area contributed by atoms with Gasteiger partial charge in [0.15, 0.2) is 0 Å².